The van der Waals surface area contributed by atoms with E-state index in [0.29, 0.717) is 17.1 Å². The number of nitriles is 1. The number of nitrogens with zero attached hydrogens (tertiary/aromatic N) is 2. The zero-order valence-corrected chi connectivity index (χ0v) is 9.82. The van der Waals surface area contributed by atoms with Crippen molar-refractivity contribution in [1.82, 2.24) is 4.98 Å². The first-order valence-corrected chi connectivity index (χ1v) is 5.73. The molecule has 1 N–H and O–H groups in total. The molecule has 1 aromatic heterocycles. The minimum Gasteiger partial charge on any atom is -0.368 e. The topological polar surface area (TPSA) is 48.7 Å². The first-order chi connectivity index (χ1) is 7.92. The van der Waals surface area contributed by atoms with Gasteiger partial charge in [0.1, 0.15) is 11.9 Å². The van der Waals surface area contributed by atoms with Gasteiger partial charge in [-0.1, -0.05) is 0 Å². The number of rotatable bonds is 4. The Labute approximate surface area is 101 Å². The van der Waals surface area contributed by atoms with Gasteiger partial charge in [0.25, 0.3) is 0 Å². The van der Waals surface area contributed by atoms with Crippen LogP contribution in [-0.2, 0) is 0 Å². The van der Waals surface area contributed by atoms with Crippen LogP contribution in [-0.4, -0.2) is 22.8 Å². The van der Waals surface area contributed by atoms with Crippen molar-refractivity contribution in [1.29, 1.82) is 5.26 Å². The molecule has 0 aliphatic carbocycles. The molecular weight excluding hydrogens is 251 g/mol. The van der Waals surface area contributed by atoms with E-state index < -0.39 is 5.51 Å². The van der Waals surface area contributed by atoms with Gasteiger partial charge in [0, 0.05) is 18.0 Å². The molecule has 0 spiro atoms. The quantitative estimate of drug-likeness (QED) is 0.847. The van der Waals surface area contributed by atoms with E-state index in [1.165, 1.54) is 0 Å². The summed E-state index contributed by atoms with van der Waals surface area (Å²) in [5.74, 6) is 0.208. The van der Waals surface area contributed by atoms with Gasteiger partial charge in [-0.15, -0.1) is 0 Å². The van der Waals surface area contributed by atoms with Gasteiger partial charge >= 0.3 is 5.51 Å². The van der Waals surface area contributed by atoms with E-state index in [0.717, 1.165) is 0 Å². The molecule has 0 fully saturated rings. The number of aromatic nitrogens is 1. The zero-order valence-electron chi connectivity index (χ0n) is 9.01. The number of hydrogen-bond acceptors (Lipinski definition) is 4. The van der Waals surface area contributed by atoms with Crippen LogP contribution in [0.25, 0.3) is 0 Å². The molecule has 0 amide bonds. The minimum absolute atomic E-state index is 0.103. The highest BCUT2D eigenvalue weighted by atomic mass is 32.2. The molecule has 0 saturated heterocycles. The molecule has 0 saturated carbocycles. The van der Waals surface area contributed by atoms with Crippen LogP contribution in [0.1, 0.15) is 11.3 Å². The Bertz CT molecular complexity index is 426. The summed E-state index contributed by atoms with van der Waals surface area (Å²) < 4.78 is 35.6. The Kier molecular flexibility index (Phi) is 4.63. The first-order valence-electron chi connectivity index (χ1n) is 4.74. The van der Waals surface area contributed by atoms with Crippen LogP contribution in [0.3, 0.4) is 0 Å². The molecule has 3 nitrogen and oxygen atoms in total. The molecule has 0 aromatic carbocycles. The van der Waals surface area contributed by atoms with E-state index in [9.17, 15) is 13.2 Å². The van der Waals surface area contributed by atoms with Crippen LogP contribution >= 0.6 is 11.8 Å². The Morgan fingerprint density at radius 3 is 2.76 bits per heavy atom. The second-order valence-electron chi connectivity index (χ2n) is 3.18. The van der Waals surface area contributed by atoms with Crippen LogP contribution < -0.4 is 5.32 Å². The van der Waals surface area contributed by atoms with Crippen molar-refractivity contribution >= 4 is 17.6 Å². The molecule has 0 bridgehead atoms. The summed E-state index contributed by atoms with van der Waals surface area (Å²) in [6, 6.07) is 5.19. The first kappa shape index (κ1) is 13.6. The van der Waals surface area contributed by atoms with Gasteiger partial charge < -0.3 is 5.32 Å². The lowest BCUT2D eigenvalue weighted by atomic mass is 10.2. The normalized spacial score (nSPS) is 11.0. The fraction of sp³-hybridized carbons (Fsp3) is 0.400. The predicted molar refractivity (Wildman–Crippen MR) is 60.7 cm³/mol. The SMILES string of the molecule is Cc1ccc(C#N)c(NCCSC(F)(F)F)n1. The number of nitrogens with one attached hydrogen (secondary N) is 1. The average Bonchev–Trinajstić information content (AvgIpc) is 2.23. The van der Waals surface area contributed by atoms with E-state index in [1.54, 1.807) is 19.1 Å². The molecule has 1 rings (SSSR count). The van der Waals surface area contributed by atoms with Crippen LogP contribution in [0.5, 0.6) is 0 Å². The minimum atomic E-state index is -4.22. The summed E-state index contributed by atoms with van der Waals surface area (Å²) >= 11 is -0.103. The summed E-state index contributed by atoms with van der Waals surface area (Å²) in [7, 11) is 0. The second-order valence-corrected chi connectivity index (χ2v) is 4.34. The Hall–Kier alpha value is -1.42. The Morgan fingerprint density at radius 1 is 1.47 bits per heavy atom. The zero-order chi connectivity index (χ0) is 12.9. The smallest absolute Gasteiger partial charge is 0.368 e. The lowest BCUT2D eigenvalue weighted by Crippen LogP contribution is -2.11. The lowest BCUT2D eigenvalue weighted by molar-refractivity contribution is -0.0327. The maximum atomic E-state index is 11.9. The maximum Gasteiger partial charge on any atom is 0.441 e. The van der Waals surface area contributed by atoms with Crippen LogP contribution in [0.4, 0.5) is 19.0 Å². The third-order valence-corrected chi connectivity index (χ3v) is 2.55. The Balaban J connectivity index is 2.52. The molecule has 0 aliphatic heterocycles. The van der Waals surface area contributed by atoms with Crippen molar-refractivity contribution in [3.05, 3.63) is 23.4 Å². The summed E-state index contributed by atoms with van der Waals surface area (Å²) in [5.41, 5.74) is -3.19. The molecule has 0 unspecified atom stereocenters. The van der Waals surface area contributed by atoms with Gasteiger partial charge in [-0.2, -0.15) is 18.4 Å². The van der Waals surface area contributed by atoms with Crippen LogP contribution in [0, 0.1) is 18.3 Å². The molecule has 0 aliphatic rings. The molecule has 0 atom stereocenters. The fourth-order valence-corrected chi connectivity index (χ4v) is 1.55. The van der Waals surface area contributed by atoms with Crippen molar-refractivity contribution in [2.24, 2.45) is 0 Å². The second kappa shape index (κ2) is 5.77. The number of pyridine rings is 1. The van der Waals surface area contributed by atoms with Gasteiger partial charge in [0.2, 0.25) is 0 Å². The fourth-order valence-electron chi connectivity index (χ4n) is 1.12. The van der Waals surface area contributed by atoms with Crippen molar-refractivity contribution in [2.75, 3.05) is 17.6 Å². The summed E-state index contributed by atoms with van der Waals surface area (Å²) in [5, 5.41) is 11.5. The third kappa shape index (κ3) is 4.95. The molecule has 7 heteroatoms. The highest BCUT2D eigenvalue weighted by Crippen LogP contribution is 2.29. The van der Waals surface area contributed by atoms with Crippen molar-refractivity contribution < 1.29 is 13.2 Å². The lowest BCUT2D eigenvalue weighted by Gasteiger charge is -2.09. The van der Waals surface area contributed by atoms with E-state index in [-0.39, 0.29) is 24.1 Å². The standard InChI is InChI=1S/C10H10F3N3S/c1-7-2-3-8(6-14)9(16-7)15-4-5-17-10(11,12)13/h2-3H,4-5H2,1H3,(H,15,16). The molecule has 17 heavy (non-hydrogen) atoms. The Morgan fingerprint density at radius 2 is 2.18 bits per heavy atom. The molecule has 1 heterocycles. The van der Waals surface area contributed by atoms with Crippen LogP contribution in [0.15, 0.2) is 12.1 Å². The number of thioether (sulfide) groups is 1. The van der Waals surface area contributed by atoms with Crippen molar-refractivity contribution in [3.63, 3.8) is 0 Å². The van der Waals surface area contributed by atoms with E-state index in [4.69, 9.17) is 5.26 Å². The highest BCUT2D eigenvalue weighted by Gasteiger charge is 2.27. The third-order valence-electron chi connectivity index (χ3n) is 1.82. The maximum absolute atomic E-state index is 11.9. The van der Waals surface area contributed by atoms with Crippen molar-refractivity contribution in [2.45, 2.75) is 12.4 Å². The van der Waals surface area contributed by atoms with Crippen molar-refractivity contribution in [3.8, 4) is 6.07 Å². The van der Waals surface area contributed by atoms with Gasteiger partial charge in [-0.05, 0) is 30.8 Å². The van der Waals surface area contributed by atoms with E-state index >= 15 is 0 Å². The largest absolute Gasteiger partial charge is 0.441 e. The number of aryl methyl sites for hydroxylation is 1. The van der Waals surface area contributed by atoms with E-state index in [1.807, 2.05) is 6.07 Å². The molecule has 1 aromatic rings. The monoisotopic (exact) mass is 261 g/mol. The number of alkyl halides is 3. The van der Waals surface area contributed by atoms with Gasteiger partial charge in [-0.3, -0.25) is 0 Å². The molecular formula is C10H10F3N3S. The number of anilines is 1. The van der Waals surface area contributed by atoms with Gasteiger partial charge in [-0.25, -0.2) is 4.98 Å². The average molecular weight is 261 g/mol. The number of hydrogen-bond donors (Lipinski definition) is 1. The summed E-state index contributed by atoms with van der Waals surface area (Å²) in [6.45, 7) is 1.85. The van der Waals surface area contributed by atoms with Gasteiger partial charge in [0.05, 0.1) is 5.56 Å². The summed E-state index contributed by atoms with van der Waals surface area (Å²) in [6.07, 6.45) is 0. The highest BCUT2D eigenvalue weighted by molar-refractivity contribution is 8.00. The molecule has 92 valence electrons. The van der Waals surface area contributed by atoms with E-state index in [2.05, 4.69) is 10.3 Å². The van der Waals surface area contributed by atoms with Crippen LogP contribution in [0.2, 0.25) is 0 Å². The molecule has 0 radical (unpaired) electrons. The van der Waals surface area contributed by atoms with Gasteiger partial charge in [0.15, 0.2) is 0 Å². The summed E-state index contributed by atoms with van der Waals surface area (Å²) in [4.78, 5) is 4.05. The number of halogens is 3. The predicted octanol–water partition coefficient (Wildman–Crippen LogP) is 2.93.